The topological polar surface area (TPSA) is 143 Å². The van der Waals surface area contributed by atoms with Crippen LogP contribution in [0.3, 0.4) is 0 Å². The van der Waals surface area contributed by atoms with Gasteiger partial charge in [0, 0.05) is 18.2 Å². The maximum absolute atomic E-state index is 12.8. The summed E-state index contributed by atoms with van der Waals surface area (Å²) in [6.45, 7) is 5.64. The number of alkyl carbamates (subject to hydrolysis) is 1. The number of unbranched alkanes of at least 4 members (excludes halogenated alkanes) is 1. The Morgan fingerprint density at radius 1 is 0.864 bits per heavy atom. The van der Waals surface area contributed by atoms with Crippen molar-refractivity contribution in [2.75, 3.05) is 25.0 Å². The number of hydrogen-bond donors (Lipinski definition) is 4. The fourth-order valence-electron chi connectivity index (χ4n) is 5.19. The van der Waals surface area contributed by atoms with Gasteiger partial charge in [-0.3, -0.25) is 9.59 Å². The molecule has 1 aliphatic rings. The van der Waals surface area contributed by atoms with Gasteiger partial charge in [-0.1, -0.05) is 60.7 Å². The lowest BCUT2D eigenvalue weighted by Crippen LogP contribution is -2.41. The van der Waals surface area contributed by atoms with Gasteiger partial charge >= 0.3 is 18.0 Å². The second-order valence-electron chi connectivity index (χ2n) is 11.6. The second kappa shape index (κ2) is 14.5. The number of nitrogens with one attached hydrogen (secondary N) is 3. The minimum absolute atomic E-state index is 0.0885. The van der Waals surface area contributed by atoms with Crippen molar-refractivity contribution in [3.63, 3.8) is 0 Å². The highest BCUT2D eigenvalue weighted by Crippen LogP contribution is 2.44. The molecule has 0 saturated heterocycles. The molecule has 44 heavy (non-hydrogen) atoms. The fraction of sp³-hybridized carbons (Fsp3) is 0.353. The summed E-state index contributed by atoms with van der Waals surface area (Å²) in [4.78, 5) is 49.2. The first-order valence-electron chi connectivity index (χ1n) is 14.7. The van der Waals surface area contributed by atoms with E-state index in [0.29, 0.717) is 30.6 Å². The number of carboxylic acids is 1. The predicted octanol–water partition coefficient (Wildman–Crippen LogP) is 5.33. The monoisotopic (exact) mass is 601 g/mol. The maximum atomic E-state index is 12.8. The van der Waals surface area contributed by atoms with Crippen LogP contribution in [0, 0.1) is 0 Å². The molecule has 3 aromatic carbocycles. The van der Waals surface area contributed by atoms with Crippen molar-refractivity contribution in [3.8, 4) is 11.1 Å². The summed E-state index contributed by atoms with van der Waals surface area (Å²) in [6, 6.07) is 21.6. The molecule has 1 aliphatic carbocycles. The van der Waals surface area contributed by atoms with Crippen molar-refractivity contribution in [3.05, 3.63) is 89.5 Å². The Morgan fingerprint density at radius 3 is 2.11 bits per heavy atom. The lowest BCUT2D eigenvalue weighted by molar-refractivity contribution is -0.152. The summed E-state index contributed by atoms with van der Waals surface area (Å²) in [5.74, 6) is -2.05. The smallest absolute Gasteiger partial charge is 0.407 e. The van der Waals surface area contributed by atoms with Crippen LogP contribution in [0.5, 0.6) is 0 Å². The molecule has 0 bridgehead atoms. The first kappa shape index (κ1) is 32.1. The minimum atomic E-state index is -1.16. The van der Waals surface area contributed by atoms with E-state index in [1.807, 2.05) is 48.5 Å². The molecule has 232 valence electrons. The molecule has 10 nitrogen and oxygen atoms in total. The summed E-state index contributed by atoms with van der Waals surface area (Å²) in [6.07, 6.45) is 0.321. The molecule has 0 fully saturated rings. The molecule has 3 aromatic rings. The third kappa shape index (κ3) is 8.59. The number of esters is 1. The molecular weight excluding hydrogens is 562 g/mol. The molecule has 0 aromatic heterocycles. The number of fused-ring (bicyclic) bond motifs is 3. The van der Waals surface area contributed by atoms with Crippen molar-refractivity contribution in [1.29, 1.82) is 0 Å². The molecule has 2 amide bonds. The summed E-state index contributed by atoms with van der Waals surface area (Å²) in [7, 11) is 0. The van der Waals surface area contributed by atoms with Crippen LogP contribution in [0.25, 0.3) is 11.1 Å². The van der Waals surface area contributed by atoms with Gasteiger partial charge in [-0.25, -0.2) is 9.59 Å². The first-order chi connectivity index (χ1) is 21.0. The standard InChI is InChI=1S/C34H39N3O7/c1-34(2,3)44-30(38)20-36-28-17-9-8-16-26(28)31(39)35-19-11-10-18-29(32(40)41)37-33(42)43-21-27-24-14-6-4-12-22(24)23-13-5-7-15-25(23)27/h4-9,12-17,27,29,36H,10-11,18-21H2,1-3H3,(H,35,39)(H,37,42)(H,40,41)/t29-/m0/s1. The predicted molar refractivity (Wildman–Crippen MR) is 167 cm³/mol. The third-order valence-electron chi connectivity index (χ3n) is 7.15. The van der Waals surface area contributed by atoms with Crippen molar-refractivity contribution in [1.82, 2.24) is 10.6 Å². The fourth-order valence-corrected chi connectivity index (χ4v) is 5.19. The molecule has 10 heteroatoms. The zero-order valence-corrected chi connectivity index (χ0v) is 25.2. The third-order valence-corrected chi connectivity index (χ3v) is 7.15. The molecule has 0 aliphatic heterocycles. The Bertz CT molecular complexity index is 1450. The van der Waals surface area contributed by atoms with Crippen LogP contribution >= 0.6 is 0 Å². The zero-order valence-electron chi connectivity index (χ0n) is 25.2. The van der Waals surface area contributed by atoms with E-state index in [9.17, 15) is 24.3 Å². The van der Waals surface area contributed by atoms with E-state index >= 15 is 0 Å². The SMILES string of the molecule is CC(C)(C)OC(=O)CNc1ccccc1C(=O)NCCCC[C@H](NC(=O)OCC1c2ccccc2-c2ccccc21)C(=O)O. The number of para-hydroxylation sites is 1. The number of amides is 2. The van der Waals surface area contributed by atoms with E-state index in [1.54, 1.807) is 45.0 Å². The molecule has 0 saturated carbocycles. The number of carbonyl (C=O) groups is 4. The lowest BCUT2D eigenvalue weighted by atomic mass is 9.98. The second-order valence-corrected chi connectivity index (χ2v) is 11.6. The Labute approximate surface area is 257 Å². The van der Waals surface area contributed by atoms with Crippen LogP contribution < -0.4 is 16.0 Å². The largest absolute Gasteiger partial charge is 0.480 e. The Balaban J connectivity index is 1.21. The quantitative estimate of drug-likeness (QED) is 0.152. The zero-order chi connectivity index (χ0) is 31.7. The van der Waals surface area contributed by atoms with Crippen molar-refractivity contribution in [2.45, 2.75) is 57.6 Å². The number of carbonyl (C=O) groups excluding carboxylic acids is 3. The van der Waals surface area contributed by atoms with Crippen LogP contribution in [-0.4, -0.2) is 60.4 Å². The van der Waals surface area contributed by atoms with Crippen LogP contribution in [0.1, 0.15) is 67.4 Å². The number of ether oxygens (including phenoxy) is 2. The van der Waals surface area contributed by atoms with Gasteiger partial charge in [0.05, 0.1) is 5.56 Å². The highest BCUT2D eigenvalue weighted by atomic mass is 16.6. The van der Waals surface area contributed by atoms with Crippen molar-refractivity contribution in [2.24, 2.45) is 0 Å². The Kier molecular flexibility index (Phi) is 10.6. The van der Waals surface area contributed by atoms with Crippen molar-refractivity contribution < 1.29 is 33.8 Å². The van der Waals surface area contributed by atoms with Gasteiger partial charge in [-0.15, -0.1) is 0 Å². The van der Waals surface area contributed by atoms with E-state index < -0.39 is 29.7 Å². The Hall–Kier alpha value is -4.86. The van der Waals surface area contributed by atoms with Crippen LogP contribution in [0.4, 0.5) is 10.5 Å². The van der Waals surface area contributed by atoms with Gasteiger partial charge in [0.15, 0.2) is 0 Å². The normalized spacial score (nSPS) is 12.8. The highest BCUT2D eigenvalue weighted by Gasteiger charge is 2.29. The molecule has 1 atom stereocenters. The van der Waals surface area contributed by atoms with Gasteiger partial charge in [0.2, 0.25) is 0 Å². The maximum Gasteiger partial charge on any atom is 0.407 e. The number of benzene rings is 3. The molecule has 4 N–H and O–H groups in total. The van der Waals surface area contributed by atoms with Crippen LogP contribution in [-0.2, 0) is 19.1 Å². The number of rotatable bonds is 13. The van der Waals surface area contributed by atoms with Gasteiger partial charge < -0.3 is 30.5 Å². The lowest BCUT2D eigenvalue weighted by Gasteiger charge is -2.20. The summed E-state index contributed by atoms with van der Waals surface area (Å²) < 4.78 is 10.8. The summed E-state index contributed by atoms with van der Waals surface area (Å²) in [5, 5.41) is 17.9. The molecule has 0 heterocycles. The molecule has 4 rings (SSSR count). The van der Waals surface area contributed by atoms with Crippen LogP contribution in [0.15, 0.2) is 72.8 Å². The summed E-state index contributed by atoms with van der Waals surface area (Å²) in [5.41, 5.74) is 4.60. The number of carboxylic acid groups (broad SMARTS) is 1. The Morgan fingerprint density at radius 2 is 1.48 bits per heavy atom. The number of aliphatic carboxylic acids is 1. The molecule has 0 unspecified atom stereocenters. The van der Waals surface area contributed by atoms with E-state index in [4.69, 9.17) is 9.47 Å². The number of anilines is 1. The minimum Gasteiger partial charge on any atom is -0.480 e. The highest BCUT2D eigenvalue weighted by molar-refractivity contribution is 6.00. The van der Waals surface area contributed by atoms with Crippen molar-refractivity contribution >= 4 is 29.6 Å². The average Bonchev–Trinajstić information content (AvgIpc) is 3.31. The van der Waals surface area contributed by atoms with E-state index in [2.05, 4.69) is 16.0 Å². The van der Waals surface area contributed by atoms with E-state index in [0.717, 1.165) is 22.3 Å². The average molecular weight is 602 g/mol. The molecule has 0 radical (unpaired) electrons. The first-order valence-corrected chi connectivity index (χ1v) is 14.7. The summed E-state index contributed by atoms with van der Waals surface area (Å²) >= 11 is 0. The molecule has 0 spiro atoms. The molecular formula is C34H39N3O7. The number of hydrogen-bond acceptors (Lipinski definition) is 7. The van der Waals surface area contributed by atoms with E-state index in [1.165, 1.54) is 0 Å². The van der Waals surface area contributed by atoms with Gasteiger partial charge in [0.1, 0.15) is 24.8 Å². The van der Waals surface area contributed by atoms with Gasteiger partial charge in [0.25, 0.3) is 5.91 Å². The van der Waals surface area contributed by atoms with Crippen LogP contribution in [0.2, 0.25) is 0 Å². The van der Waals surface area contributed by atoms with Gasteiger partial charge in [-0.05, 0) is 74.4 Å². The van der Waals surface area contributed by atoms with Gasteiger partial charge in [-0.2, -0.15) is 0 Å². The van der Waals surface area contributed by atoms with E-state index in [-0.39, 0.29) is 31.4 Å².